The molecule has 0 aliphatic heterocycles. The standard InChI is InChI=1S/C10H9F3O4S/c11-10(12,13)18(16,17)8(9(14)15)6-7-4-2-1-3-5-7/h1-5,8H,6H2,(H,14,15). The molecule has 0 aliphatic carbocycles. The first-order valence-corrected chi connectivity index (χ1v) is 6.28. The molecule has 0 radical (unpaired) electrons. The van der Waals surface area contributed by atoms with Gasteiger partial charge in [0.1, 0.15) is 0 Å². The van der Waals surface area contributed by atoms with Gasteiger partial charge < -0.3 is 5.11 Å². The molecule has 0 aromatic heterocycles. The summed E-state index contributed by atoms with van der Waals surface area (Å²) in [6.45, 7) is 0. The van der Waals surface area contributed by atoms with Gasteiger partial charge in [0.2, 0.25) is 0 Å². The molecule has 1 aromatic carbocycles. The van der Waals surface area contributed by atoms with E-state index in [-0.39, 0.29) is 5.56 Å². The van der Waals surface area contributed by atoms with Gasteiger partial charge >= 0.3 is 11.5 Å². The summed E-state index contributed by atoms with van der Waals surface area (Å²) in [4.78, 5) is 10.7. The number of hydrogen-bond acceptors (Lipinski definition) is 3. The van der Waals surface area contributed by atoms with E-state index >= 15 is 0 Å². The fourth-order valence-electron chi connectivity index (χ4n) is 1.32. The number of alkyl halides is 3. The highest BCUT2D eigenvalue weighted by Gasteiger charge is 2.53. The van der Waals surface area contributed by atoms with E-state index in [4.69, 9.17) is 5.11 Å². The van der Waals surface area contributed by atoms with Crippen LogP contribution in [-0.2, 0) is 21.1 Å². The second-order valence-electron chi connectivity index (χ2n) is 3.51. The maximum atomic E-state index is 12.3. The molecule has 0 bridgehead atoms. The zero-order chi connectivity index (χ0) is 14.0. The van der Waals surface area contributed by atoms with Crippen LogP contribution in [0.4, 0.5) is 13.2 Å². The maximum absolute atomic E-state index is 12.3. The molecule has 0 spiro atoms. The summed E-state index contributed by atoms with van der Waals surface area (Å²) in [6.07, 6.45) is -0.724. The molecular formula is C10H9F3O4S. The first-order valence-electron chi connectivity index (χ1n) is 4.73. The Hall–Kier alpha value is -1.57. The van der Waals surface area contributed by atoms with Gasteiger partial charge in [-0.1, -0.05) is 30.3 Å². The highest BCUT2D eigenvalue weighted by molar-refractivity contribution is 7.93. The van der Waals surface area contributed by atoms with Crippen molar-refractivity contribution in [3.05, 3.63) is 35.9 Å². The van der Waals surface area contributed by atoms with Crippen LogP contribution in [0.2, 0.25) is 0 Å². The van der Waals surface area contributed by atoms with E-state index in [0.29, 0.717) is 0 Å². The average Bonchev–Trinajstić information content (AvgIpc) is 2.25. The smallest absolute Gasteiger partial charge is 0.480 e. The molecular weight excluding hydrogens is 273 g/mol. The second-order valence-corrected chi connectivity index (χ2v) is 5.63. The van der Waals surface area contributed by atoms with Crippen LogP contribution >= 0.6 is 0 Å². The number of sulfone groups is 1. The lowest BCUT2D eigenvalue weighted by Crippen LogP contribution is -2.40. The van der Waals surface area contributed by atoms with Crippen molar-refractivity contribution in [2.75, 3.05) is 0 Å². The minimum atomic E-state index is -5.74. The second kappa shape index (κ2) is 4.97. The van der Waals surface area contributed by atoms with Crippen molar-refractivity contribution in [3.8, 4) is 0 Å². The number of hydrogen-bond donors (Lipinski definition) is 1. The van der Waals surface area contributed by atoms with Gasteiger partial charge in [-0.25, -0.2) is 8.42 Å². The fourth-order valence-corrected chi connectivity index (χ4v) is 2.32. The number of carboxylic acid groups (broad SMARTS) is 1. The number of carboxylic acids is 1. The molecule has 1 atom stereocenters. The number of halogens is 3. The topological polar surface area (TPSA) is 71.4 Å². The van der Waals surface area contributed by atoms with E-state index < -0.39 is 33.0 Å². The lowest BCUT2D eigenvalue weighted by Gasteiger charge is -2.15. The van der Waals surface area contributed by atoms with E-state index in [1.54, 1.807) is 6.07 Å². The van der Waals surface area contributed by atoms with Crippen LogP contribution in [0.25, 0.3) is 0 Å². The first kappa shape index (κ1) is 14.5. The molecule has 0 amide bonds. The Morgan fingerprint density at radius 2 is 1.72 bits per heavy atom. The molecule has 100 valence electrons. The molecule has 1 rings (SSSR count). The maximum Gasteiger partial charge on any atom is 0.498 e. The third-order valence-electron chi connectivity index (χ3n) is 2.24. The molecule has 8 heteroatoms. The van der Waals surface area contributed by atoms with Gasteiger partial charge in [-0.2, -0.15) is 13.2 Å². The van der Waals surface area contributed by atoms with Gasteiger partial charge in [0.05, 0.1) is 0 Å². The SMILES string of the molecule is O=C(O)C(Cc1ccccc1)S(=O)(=O)C(F)(F)F. The van der Waals surface area contributed by atoms with Crippen molar-refractivity contribution in [2.24, 2.45) is 0 Å². The van der Waals surface area contributed by atoms with Crippen LogP contribution < -0.4 is 0 Å². The zero-order valence-corrected chi connectivity index (χ0v) is 9.70. The normalized spacial score (nSPS) is 14.2. The summed E-state index contributed by atoms with van der Waals surface area (Å²) in [7, 11) is -5.74. The Kier molecular flexibility index (Phi) is 4.00. The van der Waals surface area contributed by atoms with Gasteiger partial charge in [0, 0.05) is 6.42 Å². The number of rotatable bonds is 4. The quantitative estimate of drug-likeness (QED) is 0.910. The van der Waals surface area contributed by atoms with Crippen molar-refractivity contribution < 1.29 is 31.5 Å². The van der Waals surface area contributed by atoms with E-state index in [1.165, 1.54) is 24.3 Å². The van der Waals surface area contributed by atoms with E-state index in [2.05, 4.69) is 0 Å². The van der Waals surface area contributed by atoms with E-state index in [0.717, 1.165) is 0 Å². The molecule has 0 heterocycles. The van der Waals surface area contributed by atoms with Crippen molar-refractivity contribution in [1.82, 2.24) is 0 Å². The molecule has 4 nitrogen and oxygen atoms in total. The van der Waals surface area contributed by atoms with Crippen molar-refractivity contribution in [3.63, 3.8) is 0 Å². The molecule has 0 saturated heterocycles. The van der Waals surface area contributed by atoms with Crippen LogP contribution in [0.3, 0.4) is 0 Å². The third-order valence-corrected chi connectivity index (χ3v) is 4.00. The van der Waals surface area contributed by atoms with Gasteiger partial charge in [-0.3, -0.25) is 4.79 Å². The van der Waals surface area contributed by atoms with Crippen LogP contribution in [0.5, 0.6) is 0 Å². The Morgan fingerprint density at radius 3 is 2.11 bits per heavy atom. The molecule has 0 fully saturated rings. The largest absolute Gasteiger partial charge is 0.498 e. The van der Waals surface area contributed by atoms with Crippen LogP contribution in [0, 0.1) is 0 Å². The summed E-state index contributed by atoms with van der Waals surface area (Å²) in [5, 5.41) is 6.13. The summed E-state index contributed by atoms with van der Waals surface area (Å²) in [5.74, 6) is -2.02. The van der Waals surface area contributed by atoms with Gasteiger partial charge in [0.25, 0.3) is 9.84 Å². The van der Waals surface area contributed by atoms with Crippen LogP contribution in [0.15, 0.2) is 30.3 Å². The minimum Gasteiger partial charge on any atom is -0.480 e. The number of benzene rings is 1. The van der Waals surface area contributed by atoms with Crippen LogP contribution in [0.1, 0.15) is 5.56 Å². The molecule has 1 unspecified atom stereocenters. The van der Waals surface area contributed by atoms with Gasteiger partial charge in [-0.05, 0) is 5.56 Å². The van der Waals surface area contributed by atoms with Crippen molar-refractivity contribution in [2.45, 2.75) is 17.2 Å². The summed E-state index contributed by atoms with van der Waals surface area (Å²) >= 11 is 0. The number of aliphatic carboxylic acids is 1. The summed E-state index contributed by atoms with van der Waals surface area (Å²) < 4.78 is 59.1. The predicted octanol–water partition coefficient (Wildman–Crippen LogP) is 1.62. The van der Waals surface area contributed by atoms with Crippen molar-refractivity contribution >= 4 is 15.8 Å². The molecule has 0 aliphatic rings. The van der Waals surface area contributed by atoms with Crippen LogP contribution in [-0.4, -0.2) is 30.3 Å². The minimum absolute atomic E-state index is 0.206. The highest BCUT2D eigenvalue weighted by Crippen LogP contribution is 2.29. The predicted molar refractivity (Wildman–Crippen MR) is 56.5 cm³/mol. The lowest BCUT2D eigenvalue weighted by molar-refractivity contribution is -0.137. The Balaban J connectivity index is 3.10. The van der Waals surface area contributed by atoms with Crippen molar-refractivity contribution in [1.29, 1.82) is 0 Å². The number of carbonyl (C=O) groups is 1. The van der Waals surface area contributed by atoms with E-state index in [1.807, 2.05) is 0 Å². The summed E-state index contributed by atoms with van der Waals surface area (Å²) in [5.41, 5.74) is -5.37. The highest BCUT2D eigenvalue weighted by atomic mass is 32.2. The monoisotopic (exact) mass is 282 g/mol. The summed E-state index contributed by atoms with van der Waals surface area (Å²) in [6, 6.07) is 7.27. The van der Waals surface area contributed by atoms with Gasteiger partial charge in [0.15, 0.2) is 5.25 Å². The molecule has 1 aromatic rings. The molecule has 18 heavy (non-hydrogen) atoms. The Morgan fingerprint density at radius 1 is 1.22 bits per heavy atom. The third kappa shape index (κ3) is 3.00. The zero-order valence-electron chi connectivity index (χ0n) is 8.89. The Labute approximate surface area is 101 Å². The first-order chi connectivity index (χ1) is 8.16. The van der Waals surface area contributed by atoms with E-state index in [9.17, 15) is 26.4 Å². The molecule has 1 N–H and O–H groups in total. The van der Waals surface area contributed by atoms with Gasteiger partial charge in [-0.15, -0.1) is 0 Å². The molecule has 0 saturated carbocycles. The lowest BCUT2D eigenvalue weighted by atomic mass is 10.1. The Bertz CT molecular complexity index is 522. The average molecular weight is 282 g/mol. The fraction of sp³-hybridized carbons (Fsp3) is 0.300.